The van der Waals surface area contributed by atoms with E-state index in [-0.39, 0.29) is 24.4 Å². The largest absolute Gasteiger partial charge is 0.493 e. The van der Waals surface area contributed by atoms with Crippen LogP contribution < -0.4 is 24.8 Å². The molecule has 2 rings (SSSR count). The van der Waals surface area contributed by atoms with Gasteiger partial charge in [0.25, 0.3) is 0 Å². The lowest BCUT2D eigenvalue weighted by molar-refractivity contribution is -0.137. The number of carbonyl (C=O) groups excluding carboxylic acids is 2. The molecule has 2 aromatic rings. The second kappa shape index (κ2) is 11.3. The summed E-state index contributed by atoms with van der Waals surface area (Å²) in [4.78, 5) is 24.0. The molecule has 0 saturated carbocycles. The van der Waals surface area contributed by atoms with Crippen LogP contribution in [0.2, 0.25) is 0 Å². The van der Waals surface area contributed by atoms with Crippen molar-refractivity contribution in [3.8, 4) is 17.2 Å². The molecule has 0 aliphatic carbocycles. The molecule has 0 spiro atoms. The summed E-state index contributed by atoms with van der Waals surface area (Å²) in [5, 5.41) is 5.07. The van der Waals surface area contributed by atoms with Crippen LogP contribution in [0.3, 0.4) is 0 Å². The van der Waals surface area contributed by atoms with Gasteiger partial charge < -0.3 is 24.8 Å². The van der Waals surface area contributed by atoms with Gasteiger partial charge in [-0.05, 0) is 42.3 Å². The first-order valence-corrected chi connectivity index (χ1v) is 9.70. The Bertz CT molecular complexity index is 922. The van der Waals surface area contributed by atoms with Crippen LogP contribution in [0.4, 0.5) is 18.9 Å². The molecule has 7 nitrogen and oxygen atoms in total. The van der Waals surface area contributed by atoms with Gasteiger partial charge in [-0.3, -0.25) is 9.59 Å². The van der Waals surface area contributed by atoms with Crippen LogP contribution in [0, 0.1) is 0 Å². The Morgan fingerprint density at radius 1 is 0.906 bits per heavy atom. The molecule has 0 aliphatic heterocycles. The highest BCUT2D eigenvalue weighted by Gasteiger charge is 2.30. The lowest BCUT2D eigenvalue weighted by Crippen LogP contribution is -2.26. The molecule has 0 bridgehead atoms. The maximum atomic E-state index is 12.7. The third kappa shape index (κ3) is 7.07. The quantitative estimate of drug-likeness (QED) is 0.570. The van der Waals surface area contributed by atoms with Crippen LogP contribution in [0.15, 0.2) is 36.4 Å². The summed E-state index contributed by atoms with van der Waals surface area (Å²) in [6.45, 7) is 0.312. The van der Waals surface area contributed by atoms with E-state index < -0.39 is 17.6 Å². The summed E-state index contributed by atoms with van der Waals surface area (Å²) in [6.07, 6.45) is -4.27. The first kappa shape index (κ1) is 24.8. The molecule has 174 valence electrons. The van der Waals surface area contributed by atoms with Crippen molar-refractivity contribution in [2.45, 2.75) is 25.4 Å². The summed E-state index contributed by atoms with van der Waals surface area (Å²) in [6, 6.07) is 7.86. The molecule has 0 radical (unpaired) electrons. The Morgan fingerprint density at radius 2 is 1.53 bits per heavy atom. The highest BCUT2D eigenvalue weighted by molar-refractivity contribution is 5.93. The predicted octanol–water partition coefficient (Wildman–Crippen LogP) is 3.81. The van der Waals surface area contributed by atoms with E-state index in [4.69, 9.17) is 14.2 Å². The molecule has 2 N–H and O–H groups in total. The molecule has 0 saturated heterocycles. The number of carbonyl (C=O) groups is 2. The van der Waals surface area contributed by atoms with E-state index in [0.717, 1.165) is 17.7 Å². The van der Waals surface area contributed by atoms with Crippen molar-refractivity contribution >= 4 is 17.5 Å². The Balaban J connectivity index is 1.81. The highest BCUT2D eigenvalue weighted by Crippen LogP contribution is 2.38. The maximum absolute atomic E-state index is 12.7. The van der Waals surface area contributed by atoms with E-state index in [2.05, 4.69) is 10.6 Å². The summed E-state index contributed by atoms with van der Waals surface area (Å²) in [5.74, 6) is 0.564. The van der Waals surface area contributed by atoms with Gasteiger partial charge in [-0.15, -0.1) is 0 Å². The Hall–Kier alpha value is -3.43. The molecule has 0 atom stereocenters. The van der Waals surface area contributed by atoms with E-state index in [0.29, 0.717) is 30.2 Å². The number of hydrogen-bond acceptors (Lipinski definition) is 5. The van der Waals surface area contributed by atoms with Crippen LogP contribution in [0.1, 0.15) is 24.0 Å². The zero-order chi connectivity index (χ0) is 23.7. The number of ether oxygens (including phenoxy) is 3. The standard InChI is InChI=1S/C22H25F3N2O5/c1-30-17-11-14(12-18(31-2)21(17)32-3)9-10-26-19(28)7-8-20(29)27-16-6-4-5-15(13-16)22(23,24)25/h4-6,11-13H,7-10H2,1-3H3,(H,26,28)(H,27,29). The number of methoxy groups -OCH3 is 3. The summed E-state index contributed by atoms with van der Waals surface area (Å²) >= 11 is 0. The molecular weight excluding hydrogens is 429 g/mol. The minimum atomic E-state index is -4.50. The molecular formula is C22H25F3N2O5. The smallest absolute Gasteiger partial charge is 0.416 e. The van der Waals surface area contributed by atoms with Crippen molar-refractivity contribution in [3.05, 3.63) is 47.5 Å². The third-order valence-electron chi connectivity index (χ3n) is 4.51. The average molecular weight is 454 g/mol. The zero-order valence-electron chi connectivity index (χ0n) is 18.0. The fraction of sp³-hybridized carbons (Fsp3) is 0.364. The third-order valence-corrected chi connectivity index (χ3v) is 4.51. The molecule has 0 unspecified atom stereocenters. The van der Waals surface area contributed by atoms with Gasteiger partial charge in [0.15, 0.2) is 11.5 Å². The van der Waals surface area contributed by atoms with E-state index >= 15 is 0 Å². The van der Waals surface area contributed by atoms with Gasteiger partial charge in [-0.2, -0.15) is 13.2 Å². The molecule has 2 amide bonds. The van der Waals surface area contributed by atoms with Crippen molar-refractivity contribution in [1.29, 1.82) is 0 Å². The average Bonchev–Trinajstić information content (AvgIpc) is 2.76. The molecule has 2 aromatic carbocycles. The number of amides is 2. The second-order valence-electron chi connectivity index (χ2n) is 6.76. The summed E-state index contributed by atoms with van der Waals surface area (Å²) in [7, 11) is 4.52. The zero-order valence-corrected chi connectivity index (χ0v) is 18.0. The van der Waals surface area contributed by atoms with Gasteiger partial charge >= 0.3 is 6.18 Å². The minimum Gasteiger partial charge on any atom is -0.493 e. The van der Waals surface area contributed by atoms with Crippen molar-refractivity contribution in [2.24, 2.45) is 0 Å². The minimum absolute atomic E-state index is 0.0210. The number of alkyl halides is 3. The number of rotatable bonds is 10. The van der Waals surface area contributed by atoms with Crippen LogP contribution in [-0.2, 0) is 22.2 Å². The van der Waals surface area contributed by atoms with Crippen LogP contribution >= 0.6 is 0 Å². The number of benzene rings is 2. The van der Waals surface area contributed by atoms with Crippen molar-refractivity contribution < 1.29 is 37.0 Å². The van der Waals surface area contributed by atoms with Crippen molar-refractivity contribution in [2.75, 3.05) is 33.2 Å². The van der Waals surface area contributed by atoms with Crippen LogP contribution in [0.25, 0.3) is 0 Å². The molecule has 0 aromatic heterocycles. The second-order valence-corrected chi connectivity index (χ2v) is 6.76. The Morgan fingerprint density at radius 3 is 2.09 bits per heavy atom. The van der Waals surface area contributed by atoms with Gasteiger partial charge in [0.05, 0.1) is 26.9 Å². The Kier molecular flexibility index (Phi) is 8.74. The lowest BCUT2D eigenvalue weighted by Gasteiger charge is -2.14. The van der Waals surface area contributed by atoms with Gasteiger partial charge in [0.2, 0.25) is 17.6 Å². The normalized spacial score (nSPS) is 10.9. The van der Waals surface area contributed by atoms with Crippen molar-refractivity contribution in [3.63, 3.8) is 0 Å². The topological polar surface area (TPSA) is 85.9 Å². The Labute approximate surface area is 183 Å². The predicted molar refractivity (Wildman–Crippen MR) is 112 cm³/mol. The monoisotopic (exact) mass is 454 g/mol. The van der Waals surface area contributed by atoms with Gasteiger partial charge in [0.1, 0.15) is 0 Å². The van der Waals surface area contributed by atoms with Gasteiger partial charge in [-0.1, -0.05) is 6.07 Å². The molecule has 0 heterocycles. The summed E-state index contributed by atoms with van der Waals surface area (Å²) < 4.78 is 54.0. The van der Waals surface area contributed by atoms with E-state index in [1.54, 1.807) is 12.1 Å². The number of anilines is 1. The number of halogens is 3. The fourth-order valence-electron chi connectivity index (χ4n) is 2.94. The summed E-state index contributed by atoms with van der Waals surface area (Å²) in [5.41, 5.74) is 0.00885. The molecule has 32 heavy (non-hydrogen) atoms. The highest BCUT2D eigenvalue weighted by atomic mass is 19.4. The SMILES string of the molecule is COc1cc(CCNC(=O)CCC(=O)Nc2cccc(C(F)(F)F)c2)cc(OC)c1OC. The fourth-order valence-corrected chi connectivity index (χ4v) is 2.94. The molecule has 0 aliphatic rings. The number of hydrogen-bond donors (Lipinski definition) is 2. The first-order valence-electron chi connectivity index (χ1n) is 9.70. The maximum Gasteiger partial charge on any atom is 0.416 e. The van der Waals surface area contributed by atoms with E-state index in [1.165, 1.54) is 33.5 Å². The number of nitrogens with one attached hydrogen (secondary N) is 2. The van der Waals surface area contributed by atoms with Crippen molar-refractivity contribution in [1.82, 2.24) is 5.32 Å². The van der Waals surface area contributed by atoms with Crippen LogP contribution in [0.5, 0.6) is 17.2 Å². The molecule has 10 heteroatoms. The molecule has 0 fully saturated rings. The van der Waals surface area contributed by atoms with E-state index in [9.17, 15) is 22.8 Å². The van der Waals surface area contributed by atoms with Gasteiger partial charge in [0, 0.05) is 25.1 Å². The first-order chi connectivity index (χ1) is 15.2. The lowest BCUT2D eigenvalue weighted by atomic mass is 10.1. The van der Waals surface area contributed by atoms with Crippen LogP contribution in [-0.4, -0.2) is 39.7 Å². The van der Waals surface area contributed by atoms with E-state index in [1.807, 2.05) is 0 Å². The van der Waals surface area contributed by atoms with Gasteiger partial charge in [-0.25, -0.2) is 0 Å².